The van der Waals surface area contributed by atoms with Crippen LogP contribution in [0.3, 0.4) is 0 Å². The van der Waals surface area contributed by atoms with Gasteiger partial charge in [-0.2, -0.15) is 0 Å². The summed E-state index contributed by atoms with van der Waals surface area (Å²) < 4.78 is 5.27. The maximum absolute atomic E-state index is 11.6. The van der Waals surface area contributed by atoms with Crippen molar-refractivity contribution < 1.29 is 9.53 Å². The lowest BCUT2D eigenvalue weighted by Crippen LogP contribution is -2.39. The molecule has 0 aromatic rings. The van der Waals surface area contributed by atoms with Gasteiger partial charge in [-0.05, 0) is 41.0 Å². The monoisotopic (exact) mass is 241 g/mol. The van der Waals surface area contributed by atoms with Gasteiger partial charge in [-0.3, -0.25) is 4.90 Å². The van der Waals surface area contributed by atoms with Gasteiger partial charge in [0.15, 0.2) is 0 Å². The molecule has 3 nitrogen and oxygen atoms in total. The van der Waals surface area contributed by atoms with E-state index in [1.807, 2.05) is 19.9 Å². The zero-order chi connectivity index (χ0) is 13.4. The first-order chi connectivity index (χ1) is 7.93. The highest BCUT2D eigenvalue weighted by Crippen LogP contribution is 2.06. The lowest BCUT2D eigenvalue weighted by molar-refractivity contribution is -0.139. The third-order valence-electron chi connectivity index (χ3n) is 2.90. The van der Waals surface area contributed by atoms with E-state index in [4.69, 9.17) is 4.74 Å². The summed E-state index contributed by atoms with van der Waals surface area (Å²) >= 11 is 0. The minimum absolute atomic E-state index is 0.178. The summed E-state index contributed by atoms with van der Waals surface area (Å²) in [6.45, 7) is 13.7. The summed E-state index contributed by atoms with van der Waals surface area (Å²) in [6.07, 6.45) is 2.55. The molecule has 0 spiro atoms. The Bertz CT molecular complexity index is 249. The Morgan fingerprint density at radius 3 is 2.12 bits per heavy atom. The third kappa shape index (κ3) is 5.87. The van der Waals surface area contributed by atoms with E-state index in [2.05, 4.69) is 32.6 Å². The van der Waals surface area contributed by atoms with Crippen molar-refractivity contribution in [3.63, 3.8) is 0 Å². The molecule has 0 heterocycles. The highest BCUT2D eigenvalue weighted by atomic mass is 16.5. The summed E-state index contributed by atoms with van der Waals surface area (Å²) in [5, 5.41) is 0. The maximum Gasteiger partial charge on any atom is 0.333 e. The van der Waals surface area contributed by atoms with Gasteiger partial charge in [-0.1, -0.05) is 13.0 Å². The van der Waals surface area contributed by atoms with Gasteiger partial charge in [0.25, 0.3) is 0 Å². The van der Waals surface area contributed by atoms with Crippen molar-refractivity contribution >= 4 is 5.97 Å². The largest absolute Gasteiger partial charge is 0.461 e. The Morgan fingerprint density at radius 2 is 1.76 bits per heavy atom. The molecule has 0 bridgehead atoms. The van der Waals surface area contributed by atoms with Gasteiger partial charge in [0, 0.05) is 24.2 Å². The van der Waals surface area contributed by atoms with Crippen molar-refractivity contribution in [2.24, 2.45) is 0 Å². The van der Waals surface area contributed by atoms with Crippen molar-refractivity contribution in [2.45, 2.75) is 60.0 Å². The zero-order valence-electron chi connectivity index (χ0n) is 12.1. The molecule has 0 amide bonds. The standard InChI is InChI=1S/C14H27NO2/c1-7-13(8-2)14(16)17-10-9-15(11(3)4)12(5)6/h7,11-12H,8-10H2,1-6H3. The van der Waals surface area contributed by atoms with Gasteiger partial charge in [-0.25, -0.2) is 4.79 Å². The molecule has 3 heteroatoms. The van der Waals surface area contributed by atoms with E-state index < -0.39 is 0 Å². The predicted octanol–water partition coefficient (Wildman–Crippen LogP) is 3.00. The summed E-state index contributed by atoms with van der Waals surface area (Å²) in [6, 6.07) is 0.946. The second-order valence-corrected chi connectivity index (χ2v) is 4.73. The molecule has 0 unspecified atom stereocenters. The van der Waals surface area contributed by atoms with Crippen LogP contribution in [0.2, 0.25) is 0 Å². The zero-order valence-corrected chi connectivity index (χ0v) is 12.1. The van der Waals surface area contributed by atoms with E-state index >= 15 is 0 Å². The van der Waals surface area contributed by atoms with E-state index in [0.29, 0.717) is 18.7 Å². The lowest BCUT2D eigenvalue weighted by Gasteiger charge is -2.30. The van der Waals surface area contributed by atoms with Crippen molar-refractivity contribution in [3.8, 4) is 0 Å². The number of ether oxygens (including phenoxy) is 1. The van der Waals surface area contributed by atoms with Crippen LogP contribution in [-0.4, -0.2) is 36.1 Å². The van der Waals surface area contributed by atoms with E-state index in [9.17, 15) is 4.79 Å². The van der Waals surface area contributed by atoms with Crippen LogP contribution >= 0.6 is 0 Å². The number of hydrogen-bond donors (Lipinski definition) is 0. The Kier molecular flexibility index (Phi) is 7.88. The molecule has 0 N–H and O–H groups in total. The van der Waals surface area contributed by atoms with Crippen LogP contribution in [0.4, 0.5) is 0 Å². The fraction of sp³-hybridized carbons (Fsp3) is 0.786. The maximum atomic E-state index is 11.6. The van der Waals surface area contributed by atoms with E-state index in [0.717, 1.165) is 18.5 Å². The molecule has 0 saturated carbocycles. The molecule has 0 aliphatic carbocycles. The Labute approximate surface area is 106 Å². The first kappa shape index (κ1) is 16.2. The number of allylic oxidation sites excluding steroid dienone is 1. The molecule has 0 rings (SSSR count). The first-order valence-corrected chi connectivity index (χ1v) is 6.52. The summed E-state index contributed by atoms with van der Waals surface area (Å²) in [5.41, 5.74) is 0.755. The molecule has 0 aliphatic heterocycles. The lowest BCUT2D eigenvalue weighted by atomic mass is 10.2. The molecule has 0 radical (unpaired) electrons. The SMILES string of the molecule is CC=C(CC)C(=O)OCCN(C(C)C)C(C)C. The van der Waals surface area contributed by atoms with Crippen molar-refractivity contribution in [1.82, 2.24) is 4.90 Å². The number of esters is 1. The number of hydrogen-bond acceptors (Lipinski definition) is 3. The smallest absolute Gasteiger partial charge is 0.333 e. The average Bonchev–Trinajstić information content (AvgIpc) is 2.24. The van der Waals surface area contributed by atoms with Crippen molar-refractivity contribution in [1.29, 1.82) is 0 Å². The van der Waals surface area contributed by atoms with Gasteiger partial charge in [0.1, 0.15) is 6.61 Å². The third-order valence-corrected chi connectivity index (χ3v) is 2.90. The fourth-order valence-electron chi connectivity index (χ4n) is 1.92. The Hall–Kier alpha value is -0.830. The number of carbonyl (C=O) groups is 1. The summed E-state index contributed by atoms with van der Waals surface area (Å²) in [4.78, 5) is 13.9. The number of carbonyl (C=O) groups excluding carboxylic acids is 1. The number of nitrogens with zero attached hydrogens (tertiary/aromatic N) is 1. The topological polar surface area (TPSA) is 29.5 Å². The Balaban J connectivity index is 4.09. The first-order valence-electron chi connectivity index (χ1n) is 6.52. The highest BCUT2D eigenvalue weighted by molar-refractivity contribution is 5.88. The molecule has 0 aromatic heterocycles. The summed E-state index contributed by atoms with van der Waals surface area (Å²) in [5.74, 6) is -0.178. The van der Waals surface area contributed by atoms with E-state index in [1.165, 1.54) is 0 Å². The minimum Gasteiger partial charge on any atom is -0.461 e. The molecular formula is C14H27NO2. The minimum atomic E-state index is -0.178. The van der Waals surface area contributed by atoms with Crippen LogP contribution in [0.25, 0.3) is 0 Å². The van der Waals surface area contributed by atoms with Crippen LogP contribution in [0, 0.1) is 0 Å². The predicted molar refractivity (Wildman–Crippen MR) is 72.0 cm³/mol. The van der Waals surface area contributed by atoms with Crippen LogP contribution in [0.15, 0.2) is 11.6 Å². The normalized spacial score (nSPS) is 12.6. The average molecular weight is 241 g/mol. The van der Waals surface area contributed by atoms with Crippen LogP contribution < -0.4 is 0 Å². The molecule has 0 saturated heterocycles. The quantitative estimate of drug-likeness (QED) is 0.507. The highest BCUT2D eigenvalue weighted by Gasteiger charge is 2.14. The number of rotatable bonds is 7. The molecule has 0 atom stereocenters. The molecule has 0 aliphatic rings. The van der Waals surface area contributed by atoms with Gasteiger partial charge in [0.2, 0.25) is 0 Å². The van der Waals surface area contributed by atoms with Crippen LogP contribution in [0.1, 0.15) is 48.0 Å². The summed E-state index contributed by atoms with van der Waals surface area (Å²) in [7, 11) is 0. The fourth-order valence-corrected chi connectivity index (χ4v) is 1.92. The molecular weight excluding hydrogens is 214 g/mol. The van der Waals surface area contributed by atoms with E-state index in [1.54, 1.807) is 0 Å². The Morgan fingerprint density at radius 1 is 1.24 bits per heavy atom. The van der Waals surface area contributed by atoms with Gasteiger partial charge < -0.3 is 4.74 Å². The van der Waals surface area contributed by atoms with Gasteiger partial charge >= 0.3 is 5.97 Å². The van der Waals surface area contributed by atoms with Crippen LogP contribution in [-0.2, 0) is 9.53 Å². The molecule has 0 fully saturated rings. The van der Waals surface area contributed by atoms with Crippen LogP contribution in [0.5, 0.6) is 0 Å². The second kappa shape index (κ2) is 8.29. The van der Waals surface area contributed by atoms with Gasteiger partial charge in [-0.15, -0.1) is 0 Å². The molecule has 17 heavy (non-hydrogen) atoms. The van der Waals surface area contributed by atoms with Crippen molar-refractivity contribution in [2.75, 3.05) is 13.2 Å². The second-order valence-electron chi connectivity index (χ2n) is 4.73. The molecule has 0 aromatic carbocycles. The van der Waals surface area contributed by atoms with E-state index in [-0.39, 0.29) is 5.97 Å². The van der Waals surface area contributed by atoms with Crippen molar-refractivity contribution in [3.05, 3.63) is 11.6 Å². The molecule has 100 valence electrons. The van der Waals surface area contributed by atoms with Gasteiger partial charge in [0.05, 0.1) is 0 Å².